The van der Waals surface area contributed by atoms with Crippen molar-refractivity contribution in [2.45, 2.75) is 19.9 Å². The molecule has 4 nitrogen and oxygen atoms in total. The Morgan fingerprint density at radius 1 is 1.62 bits per heavy atom. The molecule has 2 rings (SSSR count). The molecule has 0 spiro atoms. The van der Waals surface area contributed by atoms with Crippen molar-refractivity contribution in [1.82, 2.24) is 9.78 Å². The van der Waals surface area contributed by atoms with Crippen molar-refractivity contribution < 1.29 is 0 Å². The third kappa shape index (κ3) is 2.14. The summed E-state index contributed by atoms with van der Waals surface area (Å²) in [5.74, 6) is 0.135. The average molecular weight is 234 g/mol. The van der Waals surface area contributed by atoms with Crippen LogP contribution in [0.5, 0.6) is 0 Å². The van der Waals surface area contributed by atoms with Gasteiger partial charge in [-0.3, -0.25) is 10.1 Å². The Hall–Kier alpha value is -1.62. The minimum Gasteiger partial charge on any atom is -0.386 e. The van der Waals surface area contributed by atoms with Gasteiger partial charge in [-0.2, -0.15) is 5.10 Å². The lowest BCUT2D eigenvalue weighted by Crippen LogP contribution is -2.20. The van der Waals surface area contributed by atoms with Gasteiger partial charge in [0.25, 0.3) is 0 Å². The Balaban J connectivity index is 2.36. The number of hydrogen-bond acceptors (Lipinski definition) is 3. The maximum absolute atomic E-state index is 7.31. The maximum atomic E-state index is 7.31. The van der Waals surface area contributed by atoms with Crippen molar-refractivity contribution >= 4 is 17.2 Å². The number of hydrogen-bond donors (Lipinski definition) is 2. The molecule has 0 fully saturated rings. The number of rotatable bonds is 4. The van der Waals surface area contributed by atoms with Gasteiger partial charge < -0.3 is 5.73 Å². The van der Waals surface area contributed by atoms with Crippen LogP contribution in [0.15, 0.2) is 23.6 Å². The van der Waals surface area contributed by atoms with Gasteiger partial charge in [-0.15, -0.1) is 11.3 Å². The normalized spacial score (nSPS) is 10.6. The maximum Gasteiger partial charge on any atom is 0.113 e. The second kappa shape index (κ2) is 4.49. The molecule has 0 aliphatic rings. The van der Waals surface area contributed by atoms with Gasteiger partial charge in [0.2, 0.25) is 0 Å². The van der Waals surface area contributed by atoms with Crippen LogP contribution in [0.25, 0.3) is 10.6 Å². The highest BCUT2D eigenvalue weighted by Gasteiger charge is 2.09. The third-order valence-corrected chi connectivity index (χ3v) is 3.21. The summed E-state index contributed by atoms with van der Waals surface area (Å²) in [5.41, 5.74) is 7.48. The summed E-state index contributed by atoms with van der Waals surface area (Å²) in [5, 5.41) is 13.8. The van der Waals surface area contributed by atoms with Crippen LogP contribution in [0, 0.1) is 5.41 Å². The molecule has 0 bridgehead atoms. The molecule has 0 atom stereocenters. The van der Waals surface area contributed by atoms with Crippen LogP contribution in [0.2, 0.25) is 0 Å². The predicted octanol–water partition coefficient (Wildman–Crippen LogP) is 2.11. The molecule has 0 radical (unpaired) electrons. The predicted molar refractivity (Wildman–Crippen MR) is 66.8 cm³/mol. The number of amidine groups is 1. The molecule has 84 valence electrons. The minimum absolute atomic E-state index is 0.135. The van der Waals surface area contributed by atoms with E-state index >= 15 is 0 Å². The largest absolute Gasteiger partial charge is 0.386 e. The van der Waals surface area contributed by atoms with Crippen molar-refractivity contribution in [1.29, 1.82) is 5.41 Å². The average Bonchev–Trinajstić information content (AvgIpc) is 2.83. The standard InChI is InChI=1S/C11H14N4S/c1-2-8-6-9(10-4-3-5-16-10)14-15(8)7-11(12)13/h3-6H,2,7H2,1H3,(H3,12,13). The minimum atomic E-state index is 0.135. The van der Waals surface area contributed by atoms with Gasteiger partial charge in [-0.1, -0.05) is 13.0 Å². The molecule has 2 heterocycles. The molecule has 2 aromatic rings. The Morgan fingerprint density at radius 3 is 3.00 bits per heavy atom. The van der Waals surface area contributed by atoms with Gasteiger partial charge in [0.05, 0.1) is 11.4 Å². The van der Waals surface area contributed by atoms with E-state index in [1.807, 2.05) is 17.5 Å². The van der Waals surface area contributed by atoms with E-state index in [2.05, 4.69) is 18.1 Å². The van der Waals surface area contributed by atoms with E-state index in [0.29, 0.717) is 6.54 Å². The van der Waals surface area contributed by atoms with Gasteiger partial charge in [0.1, 0.15) is 11.5 Å². The van der Waals surface area contributed by atoms with Gasteiger partial charge in [0, 0.05) is 5.69 Å². The first-order valence-corrected chi connectivity index (χ1v) is 6.02. The molecule has 0 saturated carbocycles. The first-order chi connectivity index (χ1) is 7.70. The molecule has 3 N–H and O–H groups in total. The number of aromatic nitrogens is 2. The molecule has 0 aliphatic carbocycles. The molecular weight excluding hydrogens is 220 g/mol. The first kappa shape index (κ1) is 10.9. The topological polar surface area (TPSA) is 67.7 Å². The van der Waals surface area contributed by atoms with Crippen LogP contribution in [-0.2, 0) is 13.0 Å². The Labute approximate surface area is 98.2 Å². The number of nitrogens with zero attached hydrogens (tertiary/aromatic N) is 2. The van der Waals surface area contributed by atoms with E-state index in [1.54, 1.807) is 16.0 Å². The fourth-order valence-electron chi connectivity index (χ4n) is 1.58. The van der Waals surface area contributed by atoms with Crippen molar-refractivity contribution in [3.63, 3.8) is 0 Å². The van der Waals surface area contributed by atoms with Gasteiger partial charge in [-0.25, -0.2) is 0 Å². The second-order valence-corrected chi connectivity index (χ2v) is 4.48. The Kier molecular flexibility index (Phi) is 3.05. The van der Waals surface area contributed by atoms with Gasteiger partial charge >= 0.3 is 0 Å². The molecule has 0 amide bonds. The molecule has 0 unspecified atom stereocenters. The summed E-state index contributed by atoms with van der Waals surface area (Å²) in [6.45, 7) is 2.44. The quantitative estimate of drug-likeness (QED) is 0.628. The molecule has 5 heteroatoms. The summed E-state index contributed by atoms with van der Waals surface area (Å²) >= 11 is 1.67. The van der Waals surface area contributed by atoms with Crippen LogP contribution in [-0.4, -0.2) is 15.6 Å². The zero-order valence-corrected chi connectivity index (χ0v) is 9.92. The number of aryl methyl sites for hydroxylation is 1. The second-order valence-electron chi connectivity index (χ2n) is 3.53. The van der Waals surface area contributed by atoms with E-state index in [4.69, 9.17) is 11.1 Å². The van der Waals surface area contributed by atoms with Crippen LogP contribution in [0.3, 0.4) is 0 Å². The van der Waals surface area contributed by atoms with Crippen molar-refractivity contribution in [2.75, 3.05) is 0 Å². The zero-order chi connectivity index (χ0) is 11.5. The van der Waals surface area contributed by atoms with Gasteiger partial charge in [-0.05, 0) is 23.9 Å². The summed E-state index contributed by atoms with van der Waals surface area (Å²) in [4.78, 5) is 1.15. The lowest BCUT2D eigenvalue weighted by atomic mass is 10.3. The highest BCUT2D eigenvalue weighted by atomic mass is 32.1. The van der Waals surface area contributed by atoms with Crippen molar-refractivity contribution in [3.8, 4) is 10.6 Å². The highest BCUT2D eigenvalue weighted by Crippen LogP contribution is 2.24. The van der Waals surface area contributed by atoms with E-state index in [1.165, 1.54) is 0 Å². The van der Waals surface area contributed by atoms with Gasteiger partial charge in [0.15, 0.2) is 0 Å². The summed E-state index contributed by atoms with van der Waals surface area (Å²) in [7, 11) is 0. The Bertz CT molecular complexity index is 484. The lowest BCUT2D eigenvalue weighted by molar-refractivity contribution is 0.679. The zero-order valence-electron chi connectivity index (χ0n) is 9.10. The number of nitrogens with one attached hydrogen (secondary N) is 1. The number of thiophene rings is 1. The first-order valence-electron chi connectivity index (χ1n) is 5.14. The smallest absolute Gasteiger partial charge is 0.113 e. The fraction of sp³-hybridized carbons (Fsp3) is 0.273. The highest BCUT2D eigenvalue weighted by molar-refractivity contribution is 7.13. The van der Waals surface area contributed by atoms with Crippen LogP contribution in [0.1, 0.15) is 12.6 Å². The third-order valence-electron chi connectivity index (χ3n) is 2.32. The molecule has 16 heavy (non-hydrogen) atoms. The molecule has 0 aromatic carbocycles. The SMILES string of the molecule is CCc1cc(-c2cccs2)nn1CC(=N)N. The fourth-order valence-corrected chi connectivity index (χ4v) is 2.26. The molecular formula is C11H14N4S. The van der Waals surface area contributed by atoms with Crippen molar-refractivity contribution in [2.24, 2.45) is 5.73 Å². The van der Waals surface area contributed by atoms with Crippen LogP contribution < -0.4 is 5.73 Å². The Morgan fingerprint density at radius 2 is 2.44 bits per heavy atom. The van der Waals surface area contributed by atoms with E-state index in [0.717, 1.165) is 22.7 Å². The summed E-state index contributed by atoms with van der Waals surface area (Å²) in [6.07, 6.45) is 0.894. The number of nitrogens with two attached hydrogens (primary N) is 1. The van der Waals surface area contributed by atoms with E-state index < -0.39 is 0 Å². The van der Waals surface area contributed by atoms with E-state index in [9.17, 15) is 0 Å². The molecule has 0 aliphatic heterocycles. The molecule has 0 saturated heterocycles. The molecule has 2 aromatic heterocycles. The lowest BCUT2D eigenvalue weighted by Gasteiger charge is -2.02. The monoisotopic (exact) mass is 234 g/mol. The van der Waals surface area contributed by atoms with E-state index in [-0.39, 0.29) is 5.84 Å². The van der Waals surface area contributed by atoms with Crippen LogP contribution >= 0.6 is 11.3 Å². The van der Waals surface area contributed by atoms with Crippen molar-refractivity contribution in [3.05, 3.63) is 29.3 Å². The summed E-state index contributed by atoms with van der Waals surface area (Å²) < 4.78 is 1.80. The summed E-state index contributed by atoms with van der Waals surface area (Å²) in [6, 6.07) is 6.12. The van der Waals surface area contributed by atoms with Crippen LogP contribution in [0.4, 0.5) is 0 Å².